The lowest BCUT2D eigenvalue weighted by atomic mass is 10.0. The number of hydrogen-bond donors (Lipinski definition) is 5. The van der Waals surface area contributed by atoms with E-state index in [-0.39, 0.29) is 103 Å². The lowest BCUT2D eigenvalue weighted by Gasteiger charge is -2.33. The molecule has 6 atom stereocenters. The molecule has 2 aromatic carbocycles. The summed E-state index contributed by atoms with van der Waals surface area (Å²) in [6.45, 7) is 24.0. The summed E-state index contributed by atoms with van der Waals surface area (Å²) in [6.07, 6.45) is 3.24. The van der Waals surface area contributed by atoms with Crippen molar-refractivity contribution in [1.82, 2.24) is 28.9 Å². The van der Waals surface area contributed by atoms with E-state index in [0.29, 0.717) is 36.4 Å². The minimum absolute atomic E-state index is 0.0450. The second-order valence-corrected chi connectivity index (χ2v) is 31.1. The fraction of sp³-hybridized carbons (Fsp3) is 0.607. The SMILES string of the molecule is CC[C@H]1OC(n2cc(C)c(=O)n(CCCNC(=O)Cc3ccc([Si](O)(C(C)C)C(C)C)cc3)c2=O)C[C@@H]1C.Cc1cn(C2C[C@H](O)[C@@H](CO)O2)c(=O)n(CCCNC(=O)Cc2ccc([Si]([18F])(C(C)C)C(C)C)cc2)c1=O. The van der Waals surface area contributed by atoms with Crippen molar-refractivity contribution < 1.29 is 38.2 Å². The van der Waals surface area contributed by atoms with Gasteiger partial charge in [-0.15, -0.1) is 0 Å². The van der Waals surface area contributed by atoms with Crippen LogP contribution in [0.1, 0.15) is 136 Å². The number of benzene rings is 2. The fourth-order valence-corrected chi connectivity index (χ4v) is 17.5. The second kappa shape index (κ2) is 27.0. The Balaban J connectivity index is 0.000000281. The Morgan fingerprint density at radius 2 is 1.08 bits per heavy atom. The number of rotatable bonds is 22. The lowest BCUT2D eigenvalue weighted by molar-refractivity contribution is -0.121. The van der Waals surface area contributed by atoms with Crippen LogP contribution in [-0.4, -0.2) is 99.8 Å². The number of nitrogens with one attached hydrogen (secondary N) is 2. The summed E-state index contributed by atoms with van der Waals surface area (Å²) in [5.74, 6) is 0.0280. The molecule has 5 N–H and O–H groups in total. The number of aryl methyl sites for hydroxylation is 2. The predicted molar refractivity (Wildman–Crippen MR) is 299 cm³/mol. The first kappa shape index (κ1) is 61.8. The van der Waals surface area contributed by atoms with Crippen LogP contribution < -0.4 is 43.5 Å². The van der Waals surface area contributed by atoms with E-state index in [1.807, 2.05) is 52.0 Å². The van der Waals surface area contributed by atoms with Crippen molar-refractivity contribution in [2.24, 2.45) is 5.92 Å². The first-order valence-corrected chi connectivity index (χ1v) is 31.3. The first-order valence-electron chi connectivity index (χ1n) is 27.2. The molecule has 20 heteroatoms. The van der Waals surface area contributed by atoms with E-state index in [1.165, 1.54) is 15.3 Å². The molecule has 0 bridgehead atoms. The Kier molecular flexibility index (Phi) is 21.9. The zero-order valence-electron chi connectivity index (χ0n) is 46.8. The lowest BCUT2D eigenvalue weighted by Crippen LogP contribution is -2.53. The Hall–Kier alpha value is -5.10. The maximum absolute atomic E-state index is 15.7. The van der Waals surface area contributed by atoms with Gasteiger partial charge in [-0.2, -0.15) is 0 Å². The van der Waals surface area contributed by atoms with Crippen molar-refractivity contribution in [3.63, 3.8) is 0 Å². The van der Waals surface area contributed by atoms with Gasteiger partial charge in [0.2, 0.25) is 20.1 Å². The van der Waals surface area contributed by atoms with E-state index >= 15 is 4.11 Å². The Bertz CT molecular complexity index is 2620. The third kappa shape index (κ3) is 14.3. The monoisotopic (exact) mass is 1090 g/mol. The van der Waals surface area contributed by atoms with E-state index in [1.54, 1.807) is 48.9 Å². The van der Waals surface area contributed by atoms with E-state index in [0.717, 1.165) is 38.9 Å². The summed E-state index contributed by atoms with van der Waals surface area (Å²) in [6, 6.07) is 15.0. The highest BCUT2D eigenvalue weighted by Crippen LogP contribution is 2.35. The van der Waals surface area contributed by atoms with Crippen LogP contribution >= 0.6 is 0 Å². The Labute approximate surface area is 448 Å². The molecule has 4 heterocycles. The average molecular weight is 1090 g/mol. The van der Waals surface area contributed by atoms with Crippen LogP contribution in [0.3, 0.4) is 0 Å². The van der Waals surface area contributed by atoms with Gasteiger partial charge in [0.15, 0.2) is 0 Å². The molecule has 420 valence electrons. The van der Waals surface area contributed by atoms with Gasteiger partial charge in [0.1, 0.15) is 18.6 Å². The molecule has 2 fully saturated rings. The van der Waals surface area contributed by atoms with Crippen molar-refractivity contribution in [2.75, 3.05) is 19.7 Å². The van der Waals surface area contributed by atoms with E-state index < -0.39 is 46.4 Å². The van der Waals surface area contributed by atoms with Crippen molar-refractivity contribution >= 4 is 38.9 Å². The number of aliphatic hydroxyl groups excluding tert-OH is 2. The zero-order valence-corrected chi connectivity index (χ0v) is 48.8. The van der Waals surface area contributed by atoms with Crippen molar-refractivity contribution in [2.45, 2.75) is 194 Å². The highest BCUT2D eigenvalue weighted by Gasteiger charge is 2.44. The van der Waals surface area contributed by atoms with Crippen LogP contribution in [0, 0.1) is 19.8 Å². The van der Waals surface area contributed by atoms with Gasteiger partial charge in [-0.1, -0.05) is 118 Å². The van der Waals surface area contributed by atoms with Gasteiger partial charge in [-0.05, 0) is 89.1 Å². The molecule has 2 unspecified atom stereocenters. The van der Waals surface area contributed by atoms with E-state index in [4.69, 9.17) is 9.47 Å². The van der Waals surface area contributed by atoms with Crippen LogP contribution in [0.4, 0.5) is 4.11 Å². The normalized spacial score (nSPS) is 19.9. The van der Waals surface area contributed by atoms with Gasteiger partial charge in [-0.25, -0.2) is 9.59 Å². The molecule has 2 saturated heterocycles. The third-order valence-electron chi connectivity index (χ3n) is 15.4. The summed E-state index contributed by atoms with van der Waals surface area (Å²) < 4.78 is 32.6. The van der Waals surface area contributed by atoms with E-state index in [9.17, 15) is 43.8 Å². The van der Waals surface area contributed by atoms with Crippen LogP contribution in [-0.2, 0) is 45.0 Å². The van der Waals surface area contributed by atoms with Crippen LogP contribution in [0.15, 0.2) is 80.1 Å². The van der Waals surface area contributed by atoms with Gasteiger partial charge in [0, 0.05) is 56.1 Å². The molecule has 17 nitrogen and oxygen atoms in total. The number of hydrogen-bond acceptors (Lipinski definition) is 11. The Morgan fingerprint density at radius 1 is 0.671 bits per heavy atom. The number of nitrogens with zero attached hydrogens (tertiary/aromatic N) is 4. The van der Waals surface area contributed by atoms with Crippen LogP contribution in [0.5, 0.6) is 0 Å². The number of ether oxygens (including phenoxy) is 2. The van der Waals surface area contributed by atoms with Crippen LogP contribution in [0.2, 0.25) is 22.2 Å². The molecule has 0 aliphatic carbocycles. The summed E-state index contributed by atoms with van der Waals surface area (Å²) in [7, 11) is -5.72. The van der Waals surface area contributed by atoms with Gasteiger partial charge < -0.3 is 39.2 Å². The van der Waals surface area contributed by atoms with Gasteiger partial charge in [0.05, 0.1) is 31.7 Å². The highest BCUT2D eigenvalue weighted by atomic mass is 28.4. The third-order valence-corrected chi connectivity index (χ3v) is 24.8. The molecule has 6 rings (SSSR count). The predicted octanol–water partition coefficient (Wildman–Crippen LogP) is 5.02. The van der Waals surface area contributed by atoms with E-state index in [2.05, 4.69) is 52.2 Å². The minimum Gasteiger partial charge on any atom is -0.427 e. The quantitative estimate of drug-likeness (QED) is 0.0400. The Morgan fingerprint density at radius 3 is 1.45 bits per heavy atom. The van der Waals surface area contributed by atoms with Crippen LogP contribution in [0.25, 0.3) is 0 Å². The van der Waals surface area contributed by atoms with Crippen molar-refractivity contribution in [3.05, 3.63) is 125 Å². The van der Waals surface area contributed by atoms with Gasteiger partial charge in [-0.3, -0.25) is 37.4 Å². The number of amides is 2. The number of carbonyl (C=O) groups is 2. The molecule has 0 spiro atoms. The standard InChI is InChI=1S/C29H45N3O5Si.C27H40FN3O6Si/c1-8-25-21(6)16-27(37-25)32-18-22(7)28(34)31(29(32)35)15-9-14-30-26(33)17-23-10-12-24(13-11-23)38(36,19(2)3)20(4)5;1-17(2)38(28,18(3)4)21-9-7-20(8-10-21)13-24(34)29-11-6-12-30-26(35)19(5)15-31(27(30)36)25-14-22(33)23(16-32)37-25/h10-13,18-21,25,27,36H,8-9,14-17H2,1-7H3,(H,30,33);7-10,15,17-18,22-23,25,32-33H,6,11-14,16H2,1-5H3,(H,29,34)/t21-,25+,27?;22-,23+,25?/m00/s1/i;28-1. The average Bonchev–Trinajstić information content (AvgIpc) is 3.96. The van der Waals surface area contributed by atoms with Crippen molar-refractivity contribution in [3.8, 4) is 0 Å². The molecule has 2 aliphatic rings. The molecule has 4 aromatic rings. The zero-order chi connectivity index (χ0) is 56.4. The number of carbonyl (C=O) groups excluding carboxylic acids is 2. The maximum Gasteiger partial charge on any atom is 0.333 e. The maximum atomic E-state index is 15.7. The molecule has 2 aromatic heterocycles. The number of halogens is 1. The van der Waals surface area contributed by atoms with Gasteiger partial charge in [0.25, 0.3) is 19.5 Å². The summed E-state index contributed by atoms with van der Waals surface area (Å²) in [5, 5.41) is 26.8. The number of aliphatic hydroxyl groups is 2. The van der Waals surface area contributed by atoms with Gasteiger partial charge >= 0.3 is 11.4 Å². The minimum atomic E-state index is -3.12. The largest absolute Gasteiger partial charge is 0.427 e. The number of aromatic nitrogens is 4. The van der Waals surface area contributed by atoms with Crippen molar-refractivity contribution in [1.29, 1.82) is 0 Å². The smallest absolute Gasteiger partial charge is 0.333 e. The second-order valence-electron chi connectivity index (χ2n) is 22.1. The summed E-state index contributed by atoms with van der Waals surface area (Å²) in [4.78, 5) is 87.7. The molecule has 0 radical (unpaired) electrons. The summed E-state index contributed by atoms with van der Waals surface area (Å²) >= 11 is 0. The summed E-state index contributed by atoms with van der Waals surface area (Å²) in [5.41, 5.74) is 1.15. The first-order chi connectivity index (χ1) is 35.8. The molecule has 2 aliphatic heterocycles. The molecule has 0 saturated carbocycles. The fourth-order valence-electron chi connectivity index (χ4n) is 10.8. The molecule has 2 amide bonds. The molecule has 76 heavy (non-hydrogen) atoms. The molecular weight excluding hydrogens is 1010 g/mol. The molecular formula is C56H85FN6O11Si2. The highest BCUT2D eigenvalue weighted by molar-refractivity contribution is 6.88. The topological polar surface area (TPSA) is 225 Å².